The van der Waals surface area contributed by atoms with Crippen molar-refractivity contribution in [2.75, 3.05) is 11.9 Å². The second-order valence-electron chi connectivity index (χ2n) is 4.21. The molecule has 6 heteroatoms. The van der Waals surface area contributed by atoms with Crippen LogP contribution >= 0.6 is 31.9 Å². The zero-order valence-electron chi connectivity index (χ0n) is 11.0. The summed E-state index contributed by atoms with van der Waals surface area (Å²) in [6.07, 6.45) is 1.60. The van der Waals surface area contributed by atoms with E-state index in [-0.39, 0.29) is 12.5 Å². The highest BCUT2D eigenvalue weighted by atomic mass is 79.9. The molecule has 2 aromatic rings. The summed E-state index contributed by atoms with van der Waals surface area (Å²) in [6.45, 7) is 0.159. The van der Waals surface area contributed by atoms with E-state index in [0.717, 1.165) is 20.2 Å². The first-order valence-electron chi connectivity index (χ1n) is 6.20. The topological polar surface area (TPSA) is 53.5 Å². The number of halogens is 2. The molecular formula is C15H13Br2N3O. The number of carbonyl (C=O) groups is 1. The van der Waals surface area contributed by atoms with E-state index >= 15 is 0 Å². The lowest BCUT2D eigenvalue weighted by molar-refractivity contribution is -0.119. The van der Waals surface area contributed by atoms with Gasteiger partial charge in [-0.2, -0.15) is 5.10 Å². The van der Waals surface area contributed by atoms with Crippen LogP contribution in [0.15, 0.2) is 62.6 Å². The van der Waals surface area contributed by atoms with Crippen molar-refractivity contribution in [3.63, 3.8) is 0 Å². The molecule has 1 amide bonds. The first kappa shape index (κ1) is 15.7. The van der Waals surface area contributed by atoms with Crippen LogP contribution in [0.4, 0.5) is 5.69 Å². The number of hydrogen-bond donors (Lipinski definition) is 2. The average Bonchev–Trinajstić information content (AvgIpc) is 2.45. The van der Waals surface area contributed by atoms with Gasteiger partial charge in [0.05, 0.1) is 12.8 Å². The standard InChI is InChI=1S/C15H13Br2N3O/c16-12-4-1-3-11(7-12)9-19-20-15(21)10-18-14-6-2-5-13(17)8-14/h1-9,18H,10H2,(H,20,21). The Labute approximate surface area is 139 Å². The van der Waals surface area contributed by atoms with Gasteiger partial charge in [-0.15, -0.1) is 0 Å². The molecule has 2 aromatic carbocycles. The molecule has 0 atom stereocenters. The van der Waals surface area contributed by atoms with Gasteiger partial charge in [0.25, 0.3) is 5.91 Å². The Bertz CT molecular complexity index is 659. The van der Waals surface area contributed by atoms with Gasteiger partial charge in [-0.25, -0.2) is 5.43 Å². The summed E-state index contributed by atoms with van der Waals surface area (Å²) >= 11 is 6.75. The Morgan fingerprint density at radius 3 is 2.52 bits per heavy atom. The molecule has 4 nitrogen and oxygen atoms in total. The molecule has 0 aliphatic rings. The molecule has 0 unspecified atom stereocenters. The number of hydrazone groups is 1. The van der Waals surface area contributed by atoms with Crippen LogP contribution in [0.5, 0.6) is 0 Å². The van der Waals surface area contributed by atoms with Gasteiger partial charge >= 0.3 is 0 Å². The smallest absolute Gasteiger partial charge is 0.259 e. The highest BCUT2D eigenvalue weighted by Gasteiger charge is 1.99. The molecule has 21 heavy (non-hydrogen) atoms. The third-order valence-corrected chi connectivity index (χ3v) is 3.52. The molecule has 0 saturated carbocycles. The largest absolute Gasteiger partial charge is 0.376 e. The third-order valence-electron chi connectivity index (χ3n) is 2.53. The number of rotatable bonds is 5. The minimum Gasteiger partial charge on any atom is -0.376 e. The third kappa shape index (κ3) is 5.69. The quantitative estimate of drug-likeness (QED) is 0.582. The first-order valence-corrected chi connectivity index (χ1v) is 7.79. The Morgan fingerprint density at radius 1 is 1.10 bits per heavy atom. The molecule has 0 aliphatic carbocycles. The molecule has 0 saturated heterocycles. The lowest BCUT2D eigenvalue weighted by atomic mass is 10.2. The molecule has 0 heterocycles. The lowest BCUT2D eigenvalue weighted by Gasteiger charge is -2.05. The number of hydrogen-bond acceptors (Lipinski definition) is 3. The van der Waals surface area contributed by atoms with Crippen LogP contribution in [0.25, 0.3) is 0 Å². The van der Waals surface area contributed by atoms with E-state index in [0.29, 0.717) is 0 Å². The molecule has 108 valence electrons. The number of nitrogens with one attached hydrogen (secondary N) is 2. The van der Waals surface area contributed by atoms with Gasteiger partial charge in [-0.05, 0) is 35.9 Å². The minimum absolute atomic E-state index is 0.159. The van der Waals surface area contributed by atoms with Crippen LogP contribution in [0.1, 0.15) is 5.56 Å². The van der Waals surface area contributed by atoms with Crippen LogP contribution in [-0.2, 0) is 4.79 Å². The zero-order valence-corrected chi connectivity index (χ0v) is 14.2. The van der Waals surface area contributed by atoms with Crippen LogP contribution < -0.4 is 10.7 Å². The second-order valence-corrected chi connectivity index (χ2v) is 6.04. The van der Waals surface area contributed by atoms with E-state index in [9.17, 15) is 4.79 Å². The molecule has 0 bridgehead atoms. The van der Waals surface area contributed by atoms with Crippen LogP contribution in [0.3, 0.4) is 0 Å². The molecular weight excluding hydrogens is 398 g/mol. The fourth-order valence-electron chi connectivity index (χ4n) is 1.59. The first-order chi connectivity index (χ1) is 10.1. The van der Waals surface area contributed by atoms with Crippen molar-refractivity contribution >= 4 is 49.7 Å². The summed E-state index contributed by atoms with van der Waals surface area (Å²) in [7, 11) is 0. The summed E-state index contributed by atoms with van der Waals surface area (Å²) in [5, 5.41) is 6.94. The highest BCUT2D eigenvalue weighted by Crippen LogP contribution is 2.15. The van der Waals surface area contributed by atoms with Crippen LogP contribution in [0.2, 0.25) is 0 Å². The normalized spacial score (nSPS) is 10.6. The van der Waals surface area contributed by atoms with Crippen molar-refractivity contribution < 1.29 is 4.79 Å². The fraction of sp³-hybridized carbons (Fsp3) is 0.0667. The number of anilines is 1. The van der Waals surface area contributed by atoms with E-state index in [1.54, 1.807) is 6.21 Å². The van der Waals surface area contributed by atoms with Crippen LogP contribution in [-0.4, -0.2) is 18.7 Å². The Kier molecular flexibility index (Phi) is 5.95. The summed E-state index contributed by atoms with van der Waals surface area (Å²) in [5.41, 5.74) is 4.25. The van der Waals surface area contributed by atoms with Gasteiger partial charge in [0.2, 0.25) is 0 Å². The van der Waals surface area contributed by atoms with E-state index < -0.39 is 0 Å². The summed E-state index contributed by atoms with van der Waals surface area (Å²) in [4.78, 5) is 11.7. The lowest BCUT2D eigenvalue weighted by Crippen LogP contribution is -2.25. The highest BCUT2D eigenvalue weighted by molar-refractivity contribution is 9.10. The van der Waals surface area contributed by atoms with Crippen molar-refractivity contribution in [2.45, 2.75) is 0 Å². The Balaban J connectivity index is 1.80. The SMILES string of the molecule is O=C(CNc1cccc(Br)c1)NN=Cc1cccc(Br)c1. The Morgan fingerprint density at radius 2 is 1.81 bits per heavy atom. The Hall–Kier alpha value is -1.66. The maximum Gasteiger partial charge on any atom is 0.259 e. The molecule has 0 aliphatic heterocycles. The number of benzene rings is 2. The van der Waals surface area contributed by atoms with Crippen LogP contribution in [0, 0.1) is 0 Å². The van der Waals surface area contributed by atoms with Gasteiger partial charge < -0.3 is 5.32 Å². The van der Waals surface area contributed by atoms with Crippen molar-refractivity contribution in [1.82, 2.24) is 5.43 Å². The summed E-state index contributed by atoms with van der Waals surface area (Å²) in [6, 6.07) is 15.3. The van der Waals surface area contributed by atoms with Gasteiger partial charge in [-0.3, -0.25) is 4.79 Å². The molecule has 2 N–H and O–H groups in total. The van der Waals surface area contributed by atoms with Crippen molar-refractivity contribution in [2.24, 2.45) is 5.10 Å². The molecule has 0 spiro atoms. The fourth-order valence-corrected chi connectivity index (χ4v) is 2.40. The summed E-state index contributed by atoms with van der Waals surface area (Å²) in [5.74, 6) is -0.207. The van der Waals surface area contributed by atoms with E-state index in [1.165, 1.54) is 0 Å². The summed E-state index contributed by atoms with van der Waals surface area (Å²) < 4.78 is 1.93. The van der Waals surface area contributed by atoms with Crippen molar-refractivity contribution in [3.05, 3.63) is 63.0 Å². The number of nitrogens with zero attached hydrogens (tertiary/aromatic N) is 1. The monoisotopic (exact) mass is 409 g/mol. The predicted molar refractivity (Wildman–Crippen MR) is 92.5 cm³/mol. The van der Waals surface area contributed by atoms with E-state index in [4.69, 9.17) is 0 Å². The molecule has 0 radical (unpaired) electrons. The van der Waals surface area contributed by atoms with Gasteiger partial charge in [0, 0.05) is 14.6 Å². The predicted octanol–water partition coefficient (Wildman–Crippen LogP) is 3.77. The van der Waals surface area contributed by atoms with E-state index in [1.807, 2.05) is 48.5 Å². The minimum atomic E-state index is -0.207. The average molecular weight is 411 g/mol. The van der Waals surface area contributed by atoms with Gasteiger partial charge in [-0.1, -0.05) is 50.1 Å². The molecule has 2 rings (SSSR count). The second kappa shape index (κ2) is 7.95. The van der Waals surface area contributed by atoms with Gasteiger partial charge in [0.1, 0.15) is 0 Å². The maximum atomic E-state index is 11.7. The maximum absolute atomic E-state index is 11.7. The van der Waals surface area contributed by atoms with Crippen molar-refractivity contribution in [3.8, 4) is 0 Å². The molecule has 0 fully saturated rings. The van der Waals surface area contributed by atoms with Crippen molar-refractivity contribution in [1.29, 1.82) is 0 Å². The number of carbonyl (C=O) groups excluding carboxylic acids is 1. The van der Waals surface area contributed by atoms with Gasteiger partial charge in [0.15, 0.2) is 0 Å². The molecule has 0 aromatic heterocycles. The van der Waals surface area contributed by atoms with E-state index in [2.05, 4.69) is 47.7 Å². The number of amides is 1. The zero-order chi connectivity index (χ0) is 15.1.